The smallest absolute Gasteiger partial charge is 0.420 e. The monoisotopic (exact) mass is 556 g/mol. The van der Waals surface area contributed by atoms with Gasteiger partial charge in [0.05, 0.1) is 18.5 Å². The average Bonchev–Trinajstić information content (AvgIpc) is 3.13. The summed E-state index contributed by atoms with van der Waals surface area (Å²) < 4.78 is 21.7. The minimum Gasteiger partial charge on any atom is -0.473 e. The minimum atomic E-state index is -1.71. The Labute approximate surface area is 226 Å². The number of nitrogens with zero attached hydrogens (tertiary/aromatic N) is 1. The van der Waals surface area contributed by atoms with Crippen molar-refractivity contribution in [2.45, 2.75) is 43.4 Å². The zero-order valence-electron chi connectivity index (χ0n) is 20.1. The molecule has 8 nitrogen and oxygen atoms in total. The Morgan fingerprint density at radius 1 is 1.13 bits per heavy atom. The molecule has 4 atom stereocenters. The van der Waals surface area contributed by atoms with Crippen LogP contribution >= 0.6 is 23.2 Å². The number of amides is 2. The fraction of sp³-hybridized carbons (Fsp3) is 0.259. The third-order valence-electron chi connectivity index (χ3n) is 7.84. The van der Waals surface area contributed by atoms with Crippen molar-refractivity contribution in [3.63, 3.8) is 0 Å². The van der Waals surface area contributed by atoms with Gasteiger partial charge in [0, 0.05) is 23.0 Å². The molecule has 4 heterocycles. The van der Waals surface area contributed by atoms with Crippen LogP contribution in [0.5, 0.6) is 5.88 Å². The average molecular weight is 557 g/mol. The molecule has 0 bridgehead atoms. The van der Waals surface area contributed by atoms with Crippen molar-refractivity contribution in [1.29, 1.82) is 0 Å². The van der Waals surface area contributed by atoms with E-state index in [-0.39, 0.29) is 23.2 Å². The van der Waals surface area contributed by atoms with Crippen molar-refractivity contribution < 1.29 is 33.2 Å². The Kier molecular flexibility index (Phi) is 5.29. The van der Waals surface area contributed by atoms with Crippen LogP contribution in [0.3, 0.4) is 0 Å². The molecule has 3 N–H and O–H groups in total. The lowest BCUT2D eigenvalue weighted by molar-refractivity contribution is -0.844. The maximum atomic E-state index is 14.6. The van der Waals surface area contributed by atoms with Crippen LogP contribution in [0.15, 0.2) is 48.7 Å². The fourth-order valence-electron chi connectivity index (χ4n) is 6.03. The van der Waals surface area contributed by atoms with Gasteiger partial charge in [0.1, 0.15) is 16.3 Å². The highest BCUT2D eigenvalue weighted by molar-refractivity contribution is 6.31. The summed E-state index contributed by atoms with van der Waals surface area (Å²) in [6.07, 6.45) is 1.30. The quantitative estimate of drug-likeness (QED) is 0.420. The van der Waals surface area contributed by atoms with Gasteiger partial charge in [0.15, 0.2) is 6.20 Å². The zero-order chi connectivity index (χ0) is 27.1. The first kappa shape index (κ1) is 24.6. The van der Waals surface area contributed by atoms with E-state index in [0.717, 1.165) is 0 Å². The maximum absolute atomic E-state index is 14.6. The van der Waals surface area contributed by atoms with E-state index in [4.69, 9.17) is 27.9 Å². The molecule has 1 aromatic heterocycles. The molecule has 0 saturated carbocycles. The van der Waals surface area contributed by atoms with Gasteiger partial charge in [-0.2, -0.15) is 0 Å². The van der Waals surface area contributed by atoms with Gasteiger partial charge in [-0.15, -0.1) is 4.57 Å². The molecule has 6 rings (SSSR count). The number of anilines is 1. The fourth-order valence-corrected chi connectivity index (χ4v) is 6.42. The standard InChI is InChI=1S/C27H20Cl2FN3O5/c1-12-3-5-15(30)9-16(12)22-27(18-6-4-13(28)8-20(18)31-24(27)35)19(10-21(34)32-22)17-7-14(29)11-33-23(17)38-26(33,2)25(36)37/h3-9,11,19,22H,10H2,1-2H3,(H2-,31,32,34,35,36,37)/p+1. The second kappa shape index (κ2) is 8.15. The summed E-state index contributed by atoms with van der Waals surface area (Å²) in [7, 11) is 0. The minimum absolute atomic E-state index is 0.138. The Balaban J connectivity index is 1.66. The lowest BCUT2D eigenvalue weighted by Crippen LogP contribution is -2.72. The van der Waals surface area contributed by atoms with Crippen LogP contribution in [0.4, 0.5) is 10.1 Å². The van der Waals surface area contributed by atoms with Gasteiger partial charge in [0.25, 0.3) is 0 Å². The van der Waals surface area contributed by atoms with E-state index in [2.05, 4.69) is 10.6 Å². The predicted octanol–water partition coefficient (Wildman–Crippen LogP) is 4.11. The van der Waals surface area contributed by atoms with E-state index in [1.807, 2.05) is 0 Å². The van der Waals surface area contributed by atoms with Gasteiger partial charge in [0.2, 0.25) is 11.8 Å². The Bertz CT molecular complexity index is 1600. The van der Waals surface area contributed by atoms with Gasteiger partial charge >= 0.3 is 17.6 Å². The molecule has 194 valence electrons. The highest BCUT2D eigenvalue weighted by Crippen LogP contribution is 2.59. The van der Waals surface area contributed by atoms with Crippen LogP contribution in [0.25, 0.3) is 0 Å². The molecule has 0 aliphatic carbocycles. The van der Waals surface area contributed by atoms with Gasteiger partial charge in [-0.25, -0.2) is 9.18 Å². The van der Waals surface area contributed by atoms with E-state index in [1.165, 1.54) is 29.8 Å². The Morgan fingerprint density at radius 2 is 1.89 bits per heavy atom. The number of halogens is 3. The molecule has 1 saturated heterocycles. The molecular weight excluding hydrogens is 536 g/mol. The van der Waals surface area contributed by atoms with Crippen LogP contribution in [0.1, 0.15) is 47.6 Å². The molecule has 2 amide bonds. The van der Waals surface area contributed by atoms with Crippen LogP contribution in [-0.4, -0.2) is 22.9 Å². The zero-order valence-corrected chi connectivity index (χ0v) is 21.7. The van der Waals surface area contributed by atoms with E-state index in [0.29, 0.717) is 33.0 Å². The third kappa shape index (κ3) is 3.21. The normalized spacial score (nSPS) is 27.1. The Morgan fingerprint density at radius 3 is 2.63 bits per heavy atom. The third-order valence-corrected chi connectivity index (χ3v) is 8.28. The molecule has 3 aliphatic rings. The van der Waals surface area contributed by atoms with Crippen molar-refractivity contribution in [3.05, 3.63) is 86.8 Å². The molecule has 11 heteroatoms. The maximum Gasteiger partial charge on any atom is 0.420 e. The number of rotatable bonds is 3. The lowest BCUT2D eigenvalue weighted by atomic mass is 9.59. The SMILES string of the molecule is Cc1ccc(F)cc1C1NC(=O)CC(c2cc(Cl)c[n+]3c2OC3(C)C(=O)O)C12C(=O)Nc1cc(Cl)ccc12. The molecule has 1 fully saturated rings. The lowest BCUT2D eigenvalue weighted by Gasteiger charge is -2.47. The molecule has 38 heavy (non-hydrogen) atoms. The number of carbonyl (C=O) groups is 3. The number of carboxylic acids is 1. The molecule has 4 unspecified atom stereocenters. The number of piperidine rings is 1. The first-order chi connectivity index (χ1) is 18.0. The number of nitrogens with one attached hydrogen (secondary N) is 2. The summed E-state index contributed by atoms with van der Waals surface area (Å²) in [5.41, 5.74) is -0.647. The number of hydrogen-bond acceptors (Lipinski definition) is 4. The van der Waals surface area contributed by atoms with Crippen LogP contribution < -0.4 is 19.9 Å². The largest absolute Gasteiger partial charge is 0.473 e. The second-order valence-corrected chi connectivity index (χ2v) is 10.8. The Hall–Kier alpha value is -3.69. The summed E-state index contributed by atoms with van der Waals surface area (Å²) in [5, 5.41) is 16.2. The highest BCUT2D eigenvalue weighted by Gasteiger charge is 2.66. The first-order valence-corrected chi connectivity index (χ1v) is 12.6. The van der Waals surface area contributed by atoms with Crippen molar-refractivity contribution in [3.8, 4) is 5.88 Å². The first-order valence-electron chi connectivity index (χ1n) is 11.8. The summed E-state index contributed by atoms with van der Waals surface area (Å²) in [6, 6.07) is 9.81. The summed E-state index contributed by atoms with van der Waals surface area (Å²) >= 11 is 12.7. The van der Waals surface area contributed by atoms with Crippen LogP contribution in [-0.2, 0) is 25.5 Å². The number of benzene rings is 2. The van der Waals surface area contributed by atoms with Crippen molar-refractivity contribution in [2.75, 3.05) is 5.32 Å². The van der Waals surface area contributed by atoms with E-state index in [9.17, 15) is 23.9 Å². The van der Waals surface area contributed by atoms with E-state index in [1.54, 1.807) is 37.3 Å². The number of carboxylic acid groups (broad SMARTS) is 1. The van der Waals surface area contributed by atoms with Crippen molar-refractivity contribution in [1.82, 2.24) is 5.32 Å². The van der Waals surface area contributed by atoms with Gasteiger partial charge in [-0.05, 0) is 53.9 Å². The van der Waals surface area contributed by atoms with Crippen LogP contribution in [0, 0.1) is 12.7 Å². The number of aromatic nitrogens is 1. The second-order valence-electron chi connectivity index (χ2n) is 9.95. The molecule has 1 spiro atoms. The van der Waals surface area contributed by atoms with Gasteiger partial charge in [-0.3, -0.25) is 9.59 Å². The summed E-state index contributed by atoms with van der Waals surface area (Å²) in [6.45, 7) is 3.15. The number of carbonyl (C=O) groups excluding carboxylic acids is 2. The predicted molar refractivity (Wildman–Crippen MR) is 135 cm³/mol. The topological polar surface area (TPSA) is 109 Å². The highest BCUT2D eigenvalue weighted by atomic mass is 35.5. The number of ether oxygens (including phenoxy) is 1. The number of aryl methyl sites for hydroxylation is 1. The summed E-state index contributed by atoms with van der Waals surface area (Å²) in [5.74, 6) is -3.22. The van der Waals surface area contributed by atoms with E-state index < -0.39 is 40.8 Å². The van der Waals surface area contributed by atoms with Gasteiger partial charge in [-0.1, -0.05) is 35.3 Å². The number of pyridine rings is 1. The van der Waals surface area contributed by atoms with Crippen LogP contribution in [0.2, 0.25) is 10.0 Å². The number of fused-ring (bicyclic) bond motifs is 3. The molecule has 2 aromatic carbocycles. The van der Waals surface area contributed by atoms with Gasteiger partial charge < -0.3 is 20.5 Å². The van der Waals surface area contributed by atoms with Crippen molar-refractivity contribution >= 4 is 46.7 Å². The molecule has 3 aliphatic heterocycles. The number of aliphatic carboxylic acids is 1. The molecule has 0 radical (unpaired) electrons. The summed E-state index contributed by atoms with van der Waals surface area (Å²) in [4.78, 5) is 39.3. The van der Waals surface area contributed by atoms with E-state index >= 15 is 0 Å². The number of hydrogen-bond donors (Lipinski definition) is 3. The van der Waals surface area contributed by atoms with Crippen molar-refractivity contribution in [2.24, 2.45) is 0 Å². The molecule has 3 aromatic rings. The molecular formula is C27H21Cl2FN3O5+.